The SMILES string of the molecule is CC(N)Cc1noc(C2COc3ccccc3O2)n1. The van der Waals surface area contributed by atoms with Crippen LogP contribution in [-0.2, 0) is 6.42 Å². The van der Waals surface area contributed by atoms with Gasteiger partial charge in [0.25, 0.3) is 5.89 Å². The van der Waals surface area contributed by atoms with E-state index in [0.29, 0.717) is 30.5 Å². The molecule has 6 nitrogen and oxygen atoms in total. The molecule has 3 rings (SSSR count). The van der Waals surface area contributed by atoms with Gasteiger partial charge < -0.3 is 19.7 Å². The molecule has 2 aromatic rings. The molecule has 0 amide bonds. The van der Waals surface area contributed by atoms with Gasteiger partial charge in [-0.25, -0.2) is 0 Å². The van der Waals surface area contributed by atoms with Crippen LogP contribution in [0.5, 0.6) is 11.5 Å². The van der Waals surface area contributed by atoms with E-state index < -0.39 is 0 Å². The molecule has 1 aromatic carbocycles. The predicted molar refractivity (Wildman–Crippen MR) is 67.0 cm³/mol. The van der Waals surface area contributed by atoms with Crippen LogP contribution in [0.1, 0.15) is 24.7 Å². The summed E-state index contributed by atoms with van der Waals surface area (Å²) >= 11 is 0. The van der Waals surface area contributed by atoms with Crippen molar-refractivity contribution in [1.29, 1.82) is 0 Å². The molecule has 0 saturated heterocycles. The van der Waals surface area contributed by atoms with Gasteiger partial charge >= 0.3 is 0 Å². The fourth-order valence-corrected chi connectivity index (χ4v) is 1.91. The molecule has 1 aliphatic heterocycles. The van der Waals surface area contributed by atoms with Gasteiger partial charge in [-0.1, -0.05) is 17.3 Å². The third kappa shape index (κ3) is 2.53. The Morgan fingerprint density at radius 3 is 2.95 bits per heavy atom. The first-order valence-corrected chi connectivity index (χ1v) is 6.19. The normalized spacial score (nSPS) is 19.2. The molecule has 2 N–H and O–H groups in total. The Bertz CT molecular complexity index is 568. The molecule has 0 spiro atoms. The van der Waals surface area contributed by atoms with E-state index in [4.69, 9.17) is 19.7 Å². The smallest absolute Gasteiger partial charge is 0.271 e. The third-order valence-electron chi connectivity index (χ3n) is 2.77. The number of hydrogen-bond donors (Lipinski definition) is 1. The largest absolute Gasteiger partial charge is 0.485 e. The maximum Gasteiger partial charge on any atom is 0.271 e. The van der Waals surface area contributed by atoms with Gasteiger partial charge in [-0.15, -0.1) is 0 Å². The minimum absolute atomic E-state index is 0.00491. The number of fused-ring (bicyclic) bond motifs is 1. The highest BCUT2D eigenvalue weighted by molar-refractivity contribution is 5.40. The fraction of sp³-hybridized carbons (Fsp3) is 0.385. The lowest BCUT2D eigenvalue weighted by Crippen LogP contribution is -2.22. The molecule has 1 aromatic heterocycles. The highest BCUT2D eigenvalue weighted by atomic mass is 16.6. The van der Waals surface area contributed by atoms with Crippen LogP contribution in [-0.4, -0.2) is 22.8 Å². The van der Waals surface area contributed by atoms with Crippen molar-refractivity contribution in [2.75, 3.05) is 6.61 Å². The van der Waals surface area contributed by atoms with Crippen LogP contribution in [0.4, 0.5) is 0 Å². The first-order chi connectivity index (χ1) is 9.22. The minimum atomic E-state index is -0.371. The van der Waals surface area contributed by atoms with Crippen LogP contribution < -0.4 is 15.2 Å². The van der Waals surface area contributed by atoms with Gasteiger partial charge in [-0.05, 0) is 19.1 Å². The number of ether oxygens (including phenoxy) is 2. The van der Waals surface area contributed by atoms with Crippen molar-refractivity contribution in [2.45, 2.75) is 25.5 Å². The van der Waals surface area contributed by atoms with Gasteiger partial charge in [0.2, 0.25) is 6.10 Å². The zero-order valence-corrected chi connectivity index (χ0v) is 10.6. The molecule has 1 aliphatic rings. The fourth-order valence-electron chi connectivity index (χ4n) is 1.91. The van der Waals surface area contributed by atoms with Gasteiger partial charge in [0.05, 0.1) is 0 Å². The molecule has 100 valence electrons. The lowest BCUT2D eigenvalue weighted by Gasteiger charge is -2.23. The second-order valence-corrected chi connectivity index (χ2v) is 4.59. The van der Waals surface area contributed by atoms with E-state index in [1.54, 1.807) is 0 Å². The van der Waals surface area contributed by atoms with Crippen molar-refractivity contribution in [3.63, 3.8) is 0 Å². The Morgan fingerprint density at radius 2 is 2.16 bits per heavy atom. The summed E-state index contributed by atoms with van der Waals surface area (Å²) in [6.07, 6.45) is 0.206. The van der Waals surface area contributed by atoms with E-state index >= 15 is 0 Å². The van der Waals surface area contributed by atoms with Crippen LogP contribution in [0.2, 0.25) is 0 Å². The standard InChI is InChI=1S/C13H15N3O3/c1-8(14)6-12-15-13(19-16-12)11-7-17-9-4-2-3-5-10(9)18-11/h2-5,8,11H,6-7,14H2,1H3. The number of rotatable bonds is 3. The number of nitrogens with two attached hydrogens (primary N) is 1. The number of benzene rings is 1. The number of para-hydroxylation sites is 2. The maximum atomic E-state index is 5.78. The zero-order chi connectivity index (χ0) is 13.2. The van der Waals surface area contributed by atoms with Crippen LogP contribution in [0.15, 0.2) is 28.8 Å². The summed E-state index contributed by atoms with van der Waals surface area (Å²) in [6, 6.07) is 7.49. The highest BCUT2D eigenvalue weighted by Crippen LogP contribution is 2.35. The first-order valence-electron chi connectivity index (χ1n) is 6.19. The molecule has 0 saturated carbocycles. The minimum Gasteiger partial charge on any atom is -0.485 e. The summed E-state index contributed by atoms with van der Waals surface area (Å²) in [6.45, 7) is 2.25. The molecule has 0 radical (unpaired) electrons. The van der Waals surface area contributed by atoms with Gasteiger partial charge in [0.15, 0.2) is 17.3 Å². The summed E-state index contributed by atoms with van der Waals surface area (Å²) in [5.74, 6) is 2.43. The Balaban J connectivity index is 1.76. The van der Waals surface area contributed by atoms with Crippen LogP contribution in [0.25, 0.3) is 0 Å². The molecule has 2 heterocycles. The quantitative estimate of drug-likeness (QED) is 0.900. The summed E-state index contributed by atoms with van der Waals surface area (Å²) in [5, 5.41) is 3.89. The van der Waals surface area contributed by atoms with Gasteiger partial charge in [0, 0.05) is 12.5 Å². The van der Waals surface area contributed by atoms with E-state index in [1.807, 2.05) is 31.2 Å². The van der Waals surface area contributed by atoms with Crippen LogP contribution in [0.3, 0.4) is 0 Å². The lowest BCUT2D eigenvalue weighted by molar-refractivity contribution is 0.0665. The molecule has 19 heavy (non-hydrogen) atoms. The van der Waals surface area contributed by atoms with Crippen molar-refractivity contribution in [3.8, 4) is 11.5 Å². The number of nitrogens with zero attached hydrogens (tertiary/aromatic N) is 2. The Hall–Kier alpha value is -2.08. The highest BCUT2D eigenvalue weighted by Gasteiger charge is 2.27. The van der Waals surface area contributed by atoms with Crippen molar-refractivity contribution in [3.05, 3.63) is 36.0 Å². The Morgan fingerprint density at radius 1 is 1.37 bits per heavy atom. The molecule has 2 unspecified atom stereocenters. The first kappa shape index (κ1) is 12.0. The molecule has 0 bridgehead atoms. The van der Waals surface area contributed by atoms with Crippen LogP contribution in [0, 0.1) is 0 Å². The average Bonchev–Trinajstić information content (AvgIpc) is 2.86. The Kier molecular flexibility index (Phi) is 3.08. The molecule has 0 fully saturated rings. The second kappa shape index (κ2) is 4.89. The van der Waals surface area contributed by atoms with Crippen LogP contribution >= 0.6 is 0 Å². The lowest BCUT2D eigenvalue weighted by atomic mass is 10.2. The van der Waals surface area contributed by atoms with E-state index in [1.165, 1.54) is 0 Å². The number of aromatic nitrogens is 2. The van der Waals surface area contributed by atoms with Gasteiger partial charge in [-0.3, -0.25) is 0 Å². The van der Waals surface area contributed by atoms with Crippen molar-refractivity contribution >= 4 is 0 Å². The molecule has 2 atom stereocenters. The Labute approximate surface area is 110 Å². The maximum absolute atomic E-state index is 5.78. The van der Waals surface area contributed by atoms with E-state index in [0.717, 1.165) is 5.75 Å². The van der Waals surface area contributed by atoms with Crippen molar-refractivity contribution < 1.29 is 14.0 Å². The molecular formula is C13H15N3O3. The zero-order valence-electron chi connectivity index (χ0n) is 10.6. The molecule has 6 heteroatoms. The van der Waals surface area contributed by atoms with E-state index in [2.05, 4.69) is 10.1 Å². The van der Waals surface area contributed by atoms with E-state index in [9.17, 15) is 0 Å². The molecular weight excluding hydrogens is 246 g/mol. The van der Waals surface area contributed by atoms with Crippen molar-refractivity contribution in [2.24, 2.45) is 5.73 Å². The van der Waals surface area contributed by atoms with Crippen molar-refractivity contribution in [1.82, 2.24) is 10.1 Å². The molecule has 0 aliphatic carbocycles. The summed E-state index contributed by atoms with van der Waals surface area (Å²) in [5.41, 5.74) is 5.70. The monoisotopic (exact) mass is 261 g/mol. The summed E-state index contributed by atoms with van der Waals surface area (Å²) < 4.78 is 16.6. The average molecular weight is 261 g/mol. The topological polar surface area (TPSA) is 83.4 Å². The third-order valence-corrected chi connectivity index (χ3v) is 2.77. The number of hydrogen-bond acceptors (Lipinski definition) is 6. The summed E-state index contributed by atoms with van der Waals surface area (Å²) in [7, 11) is 0. The summed E-state index contributed by atoms with van der Waals surface area (Å²) in [4.78, 5) is 4.28. The van der Waals surface area contributed by atoms with E-state index in [-0.39, 0.29) is 12.1 Å². The van der Waals surface area contributed by atoms with Gasteiger partial charge in [0.1, 0.15) is 6.61 Å². The predicted octanol–water partition coefficient (Wildman–Crippen LogP) is 1.47. The second-order valence-electron chi connectivity index (χ2n) is 4.59. The van der Waals surface area contributed by atoms with Gasteiger partial charge in [-0.2, -0.15) is 4.98 Å².